The minimum absolute atomic E-state index is 0.0968. The zero-order valence-electron chi connectivity index (χ0n) is 8.49. The highest BCUT2D eigenvalue weighted by atomic mass is 16.2. The van der Waals surface area contributed by atoms with Crippen molar-refractivity contribution in [2.75, 3.05) is 6.54 Å². The molecule has 1 fully saturated rings. The normalized spacial score (nSPS) is 26.8. The summed E-state index contributed by atoms with van der Waals surface area (Å²) in [7, 11) is 0. The molecule has 0 radical (unpaired) electrons. The molecule has 1 saturated heterocycles. The fourth-order valence-corrected chi connectivity index (χ4v) is 1.56. The van der Waals surface area contributed by atoms with Crippen LogP contribution in [-0.2, 0) is 9.59 Å². The van der Waals surface area contributed by atoms with E-state index in [1.165, 1.54) is 4.90 Å². The Balaban J connectivity index is 2.58. The van der Waals surface area contributed by atoms with Crippen molar-refractivity contribution in [1.29, 1.82) is 5.26 Å². The number of carbonyl (C=O) groups is 2. The summed E-state index contributed by atoms with van der Waals surface area (Å²) in [4.78, 5) is 24.4. The summed E-state index contributed by atoms with van der Waals surface area (Å²) in [5.41, 5.74) is 0. The molecular weight excluding hydrogens is 180 g/mol. The van der Waals surface area contributed by atoms with Gasteiger partial charge in [0.1, 0.15) is 0 Å². The largest absolute Gasteiger partial charge is 0.282 e. The van der Waals surface area contributed by atoms with Crippen molar-refractivity contribution in [1.82, 2.24) is 4.90 Å². The van der Waals surface area contributed by atoms with E-state index in [9.17, 15) is 9.59 Å². The molecule has 1 aliphatic rings. The lowest BCUT2D eigenvalue weighted by Crippen LogP contribution is -2.31. The van der Waals surface area contributed by atoms with Gasteiger partial charge in [-0.1, -0.05) is 13.8 Å². The van der Waals surface area contributed by atoms with Crippen molar-refractivity contribution in [3.05, 3.63) is 0 Å². The molecule has 0 aromatic rings. The third-order valence-electron chi connectivity index (χ3n) is 2.73. The Morgan fingerprint density at radius 2 is 1.79 bits per heavy atom. The molecular formula is C10H14N2O2. The first-order valence-electron chi connectivity index (χ1n) is 4.81. The van der Waals surface area contributed by atoms with Gasteiger partial charge in [-0.05, 0) is 6.42 Å². The molecule has 2 unspecified atom stereocenters. The van der Waals surface area contributed by atoms with E-state index in [1.807, 2.05) is 6.07 Å². The van der Waals surface area contributed by atoms with Gasteiger partial charge in [0.15, 0.2) is 0 Å². The Morgan fingerprint density at radius 3 is 2.21 bits per heavy atom. The first-order valence-corrected chi connectivity index (χ1v) is 4.81. The zero-order valence-corrected chi connectivity index (χ0v) is 8.49. The van der Waals surface area contributed by atoms with Gasteiger partial charge in [0.25, 0.3) is 0 Å². The van der Waals surface area contributed by atoms with E-state index in [0.717, 1.165) is 0 Å². The van der Waals surface area contributed by atoms with Crippen molar-refractivity contribution < 1.29 is 9.59 Å². The van der Waals surface area contributed by atoms with Crippen LogP contribution in [0.3, 0.4) is 0 Å². The molecule has 2 amide bonds. The van der Waals surface area contributed by atoms with Crippen LogP contribution in [0.15, 0.2) is 0 Å². The average Bonchev–Trinajstić information content (AvgIpc) is 2.35. The molecule has 0 aromatic carbocycles. The van der Waals surface area contributed by atoms with E-state index < -0.39 is 0 Å². The molecule has 0 saturated carbocycles. The highest BCUT2D eigenvalue weighted by molar-refractivity contribution is 6.04. The van der Waals surface area contributed by atoms with E-state index >= 15 is 0 Å². The lowest BCUT2D eigenvalue weighted by molar-refractivity contribution is -0.139. The van der Waals surface area contributed by atoms with Crippen LogP contribution in [-0.4, -0.2) is 23.3 Å². The van der Waals surface area contributed by atoms with E-state index in [4.69, 9.17) is 5.26 Å². The van der Waals surface area contributed by atoms with Crippen LogP contribution >= 0.6 is 0 Å². The molecule has 1 heterocycles. The predicted molar refractivity (Wildman–Crippen MR) is 49.9 cm³/mol. The summed E-state index contributed by atoms with van der Waals surface area (Å²) >= 11 is 0. The number of hydrogen-bond acceptors (Lipinski definition) is 3. The van der Waals surface area contributed by atoms with E-state index in [-0.39, 0.29) is 23.7 Å². The number of nitriles is 1. The first-order chi connectivity index (χ1) is 6.59. The molecule has 0 N–H and O–H groups in total. The molecule has 4 heteroatoms. The maximum Gasteiger partial charge on any atom is 0.232 e. The third-order valence-corrected chi connectivity index (χ3v) is 2.73. The standard InChI is InChI=1S/C10H14N2O2/c1-7-8(2)10(14)12(9(7)13)6-4-3-5-11/h7-8H,3-4,6H2,1-2H3. The van der Waals surface area contributed by atoms with Crippen molar-refractivity contribution in [3.8, 4) is 6.07 Å². The number of likely N-dealkylation sites (tertiary alicyclic amines) is 1. The molecule has 0 spiro atoms. The maximum atomic E-state index is 11.5. The molecule has 76 valence electrons. The van der Waals surface area contributed by atoms with Crippen molar-refractivity contribution in [2.45, 2.75) is 26.7 Å². The minimum atomic E-state index is -0.204. The van der Waals surface area contributed by atoms with Crippen molar-refractivity contribution >= 4 is 11.8 Å². The molecule has 0 bridgehead atoms. The predicted octanol–water partition coefficient (Wildman–Crippen LogP) is 0.931. The fraction of sp³-hybridized carbons (Fsp3) is 0.700. The highest BCUT2D eigenvalue weighted by Gasteiger charge is 2.41. The second-order valence-corrected chi connectivity index (χ2v) is 3.67. The quantitative estimate of drug-likeness (QED) is 0.496. The van der Waals surface area contributed by atoms with Crippen LogP contribution in [0.2, 0.25) is 0 Å². The van der Waals surface area contributed by atoms with Crippen LogP contribution in [0.4, 0.5) is 0 Å². The molecule has 14 heavy (non-hydrogen) atoms. The summed E-state index contributed by atoms with van der Waals surface area (Å²) in [5, 5.41) is 8.34. The number of nitrogens with zero attached hydrogens (tertiary/aromatic N) is 2. The Hall–Kier alpha value is -1.37. The Morgan fingerprint density at radius 1 is 1.29 bits per heavy atom. The van der Waals surface area contributed by atoms with Crippen molar-refractivity contribution in [2.24, 2.45) is 11.8 Å². The molecule has 1 aliphatic heterocycles. The SMILES string of the molecule is CC1C(=O)N(CCCC#N)C(=O)C1C. The molecule has 4 nitrogen and oxygen atoms in total. The van der Waals surface area contributed by atoms with Gasteiger partial charge in [0.2, 0.25) is 11.8 Å². The number of carbonyl (C=O) groups excluding carboxylic acids is 2. The summed E-state index contributed by atoms with van der Waals surface area (Å²) in [6, 6.07) is 1.99. The van der Waals surface area contributed by atoms with Crippen LogP contribution in [0.1, 0.15) is 26.7 Å². The Labute approximate surface area is 83.5 Å². The zero-order chi connectivity index (χ0) is 10.7. The van der Waals surface area contributed by atoms with Gasteiger partial charge >= 0.3 is 0 Å². The van der Waals surface area contributed by atoms with Crippen LogP contribution in [0.25, 0.3) is 0 Å². The smallest absolute Gasteiger partial charge is 0.232 e. The summed E-state index contributed by atoms with van der Waals surface area (Å²) < 4.78 is 0. The van der Waals surface area contributed by atoms with Crippen molar-refractivity contribution in [3.63, 3.8) is 0 Å². The molecule has 1 rings (SSSR count). The fourth-order valence-electron chi connectivity index (χ4n) is 1.56. The second-order valence-electron chi connectivity index (χ2n) is 3.67. The van der Waals surface area contributed by atoms with Crippen LogP contribution in [0, 0.1) is 23.2 Å². The third kappa shape index (κ3) is 1.77. The molecule has 2 atom stereocenters. The molecule has 0 aromatic heterocycles. The Bertz CT molecular complexity index is 273. The first kappa shape index (κ1) is 10.7. The molecule has 0 aliphatic carbocycles. The van der Waals surface area contributed by atoms with Gasteiger partial charge in [0.05, 0.1) is 6.07 Å². The summed E-state index contributed by atoms with van der Waals surface area (Å²) in [5.74, 6) is -0.602. The summed E-state index contributed by atoms with van der Waals surface area (Å²) in [6.45, 7) is 3.93. The monoisotopic (exact) mass is 194 g/mol. The van der Waals surface area contributed by atoms with Gasteiger partial charge in [0, 0.05) is 24.8 Å². The van der Waals surface area contributed by atoms with Crippen LogP contribution in [0.5, 0.6) is 0 Å². The lowest BCUT2D eigenvalue weighted by Gasteiger charge is -2.12. The number of imide groups is 1. The van der Waals surface area contributed by atoms with Gasteiger partial charge < -0.3 is 0 Å². The number of rotatable bonds is 3. The minimum Gasteiger partial charge on any atom is -0.282 e. The Kier molecular flexibility index (Phi) is 3.23. The van der Waals surface area contributed by atoms with Crippen LogP contribution < -0.4 is 0 Å². The average molecular weight is 194 g/mol. The van der Waals surface area contributed by atoms with Gasteiger partial charge in [-0.2, -0.15) is 5.26 Å². The van der Waals surface area contributed by atoms with E-state index in [1.54, 1.807) is 13.8 Å². The highest BCUT2D eigenvalue weighted by Crippen LogP contribution is 2.25. The van der Waals surface area contributed by atoms with Gasteiger partial charge in [-0.25, -0.2) is 0 Å². The summed E-state index contributed by atoms with van der Waals surface area (Å²) in [6.07, 6.45) is 0.966. The van der Waals surface area contributed by atoms with Gasteiger partial charge in [-0.15, -0.1) is 0 Å². The second kappa shape index (κ2) is 4.23. The maximum absolute atomic E-state index is 11.5. The number of amides is 2. The number of unbranched alkanes of at least 4 members (excludes halogenated alkanes) is 1. The lowest BCUT2D eigenvalue weighted by atomic mass is 10.00. The topological polar surface area (TPSA) is 61.2 Å². The van der Waals surface area contributed by atoms with Gasteiger partial charge in [-0.3, -0.25) is 14.5 Å². The number of hydrogen-bond donors (Lipinski definition) is 0. The van der Waals surface area contributed by atoms with E-state index in [0.29, 0.717) is 19.4 Å². The van der Waals surface area contributed by atoms with E-state index in [2.05, 4.69) is 0 Å².